The Labute approximate surface area is 233 Å². The quantitative estimate of drug-likeness (QED) is 0.465. The summed E-state index contributed by atoms with van der Waals surface area (Å²) < 4.78 is 20.1. The van der Waals surface area contributed by atoms with E-state index in [-0.39, 0.29) is 30.0 Å². The van der Waals surface area contributed by atoms with Gasteiger partial charge in [-0.2, -0.15) is 9.97 Å². The van der Waals surface area contributed by atoms with Gasteiger partial charge in [0, 0.05) is 50.1 Å². The van der Waals surface area contributed by atoms with E-state index in [9.17, 15) is 9.18 Å². The zero-order chi connectivity index (χ0) is 27.4. The smallest absolute Gasteiger partial charge is 0.320 e. The number of aromatic nitrogens is 4. The molecule has 3 aliphatic heterocycles. The number of nitrogens with zero attached hydrogens (tertiary/aromatic N) is 7. The van der Waals surface area contributed by atoms with Crippen molar-refractivity contribution in [1.82, 2.24) is 29.7 Å². The normalized spacial score (nSPS) is 26.1. The predicted molar refractivity (Wildman–Crippen MR) is 150 cm³/mol. The fourth-order valence-corrected chi connectivity index (χ4v) is 7.04. The highest BCUT2D eigenvalue weighted by Gasteiger charge is 2.49. The van der Waals surface area contributed by atoms with Crippen LogP contribution in [0.15, 0.2) is 24.5 Å². The molecule has 210 valence electrons. The number of likely N-dealkylation sites (tertiary alicyclic amines) is 2. The maximum atomic E-state index is 14.0. The number of carbonyl (C=O) groups is 1. The van der Waals surface area contributed by atoms with Crippen LogP contribution in [-0.2, 0) is 17.6 Å². The Morgan fingerprint density at radius 1 is 1.10 bits per heavy atom. The average molecular weight is 546 g/mol. The van der Waals surface area contributed by atoms with E-state index in [4.69, 9.17) is 19.7 Å². The van der Waals surface area contributed by atoms with Crippen molar-refractivity contribution in [3.05, 3.63) is 35.7 Å². The van der Waals surface area contributed by atoms with E-state index < -0.39 is 6.17 Å². The van der Waals surface area contributed by atoms with E-state index in [2.05, 4.69) is 22.0 Å². The second-order valence-electron chi connectivity index (χ2n) is 11.7. The van der Waals surface area contributed by atoms with Gasteiger partial charge in [-0.25, -0.2) is 9.37 Å². The number of hydrogen-bond acceptors (Lipinski definition) is 8. The van der Waals surface area contributed by atoms with Gasteiger partial charge in [-0.15, -0.1) is 0 Å². The number of rotatable bonds is 6. The maximum Gasteiger partial charge on any atom is 0.320 e. The van der Waals surface area contributed by atoms with Crippen LogP contribution in [0.4, 0.5) is 10.2 Å². The van der Waals surface area contributed by atoms with Crippen molar-refractivity contribution in [3.8, 4) is 17.3 Å². The molecule has 4 atom stereocenters. The molecule has 0 spiro atoms. The Morgan fingerprint density at radius 2 is 1.98 bits per heavy atom. The highest BCUT2D eigenvalue weighted by Crippen LogP contribution is 2.40. The Hall–Kier alpha value is -3.40. The molecule has 0 saturated carbocycles. The van der Waals surface area contributed by atoms with Crippen LogP contribution in [0.5, 0.6) is 6.01 Å². The predicted octanol–water partition coefficient (Wildman–Crippen LogP) is 3.59. The lowest BCUT2D eigenvalue weighted by molar-refractivity contribution is -0.132. The fraction of sp³-hybridized carbons (Fsp3) is 0.567. The molecular weight excluding hydrogens is 509 g/mol. The molecule has 0 radical (unpaired) electrons. The minimum Gasteiger partial charge on any atom is -0.462 e. The number of amides is 1. The van der Waals surface area contributed by atoms with E-state index in [0.717, 1.165) is 54.8 Å². The van der Waals surface area contributed by atoms with Gasteiger partial charge >= 0.3 is 6.01 Å². The fourth-order valence-electron chi connectivity index (χ4n) is 7.04. The van der Waals surface area contributed by atoms with Crippen molar-refractivity contribution in [2.45, 2.75) is 76.2 Å². The molecule has 3 saturated heterocycles. The summed E-state index contributed by atoms with van der Waals surface area (Å²) in [5, 5.41) is 0.870. The van der Waals surface area contributed by atoms with Gasteiger partial charge in [-0.05, 0) is 68.8 Å². The van der Waals surface area contributed by atoms with Crippen LogP contribution in [0.3, 0.4) is 0 Å². The number of aryl methyl sites for hydroxylation is 1. The van der Waals surface area contributed by atoms with Crippen molar-refractivity contribution < 1.29 is 13.9 Å². The molecule has 3 aromatic rings. The molecule has 0 aromatic carbocycles. The van der Waals surface area contributed by atoms with Gasteiger partial charge in [-0.1, -0.05) is 6.92 Å². The van der Waals surface area contributed by atoms with Crippen LogP contribution in [-0.4, -0.2) is 93.2 Å². The van der Waals surface area contributed by atoms with Gasteiger partial charge in [0.05, 0.1) is 23.2 Å². The van der Waals surface area contributed by atoms with E-state index in [1.54, 1.807) is 0 Å². The van der Waals surface area contributed by atoms with Crippen LogP contribution >= 0.6 is 0 Å². The number of hydrogen-bond donors (Lipinski definition) is 0. The van der Waals surface area contributed by atoms with Crippen LogP contribution in [0.2, 0.25) is 0 Å². The van der Waals surface area contributed by atoms with Crippen LogP contribution in [0.1, 0.15) is 50.2 Å². The first-order valence-electron chi connectivity index (χ1n) is 14.7. The van der Waals surface area contributed by atoms with E-state index >= 15 is 0 Å². The molecule has 3 fully saturated rings. The molecule has 1 aliphatic carbocycles. The van der Waals surface area contributed by atoms with E-state index in [1.165, 1.54) is 24.0 Å². The molecular formula is C30H36FN7O2. The summed E-state index contributed by atoms with van der Waals surface area (Å²) in [5.41, 5.74) is 5.14. The highest BCUT2D eigenvalue weighted by molar-refractivity contribution is 5.90. The van der Waals surface area contributed by atoms with Crippen molar-refractivity contribution in [2.24, 2.45) is 0 Å². The minimum atomic E-state index is -0.838. The van der Waals surface area contributed by atoms with Gasteiger partial charge < -0.3 is 14.5 Å². The first kappa shape index (κ1) is 25.6. The largest absolute Gasteiger partial charge is 0.462 e. The summed E-state index contributed by atoms with van der Waals surface area (Å²) in [4.78, 5) is 37.9. The Bertz CT molecular complexity index is 1450. The Morgan fingerprint density at radius 3 is 2.80 bits per heavy atom. The molecule has 10 heteroatoms. The van der Waals surface area contributed by atoms with E-state index in [1.807, 2.05) is 36.2 Å². The topological polar surface area (TPSA) is 87.6 Å². The number of ether oxygens (including phenoxy) is 1. The second kappa shape index (κ2) is 10.2. The number of anilines is 1. The van der Waals surface area contributed by atoms with Crippen LogP contribution < -0.4 is 9.64 Å². The number of likely N-dealkylation sites (N-methyl/N-ethyl adjacent to an activating group) is 1. The number of halogens is 1. The van der Waals surface area contributed by atoms with Crippen LogP contribution in [0, 0.1) is 0 Å². The molecule has 3 aromatic heterocycles. The third kappa shape index (κ3) is 4.36. The molecule has 1 amide bonds. The molecule has 0 unspecified atom stereocenters. The van der Waals surface area contributed by atoms with Gasteiger partial charge in [0.15, 0.2) is 5.65 Å². The van der Waals surface area contributed by atoms with Gasteiger partial charge in [-0.3, -0.25) is 14.7 Å². The molecule has 40 heavy (non-hydrogen) atoms. The molecule has 0 N–H and O–H groups in total. The molecule has 9 nitrogen and oxygen atoms in total. The van der Waals surface area contributed by atoms with Gasteiger partial charge in [0.25, 0.3) is 0 Å². The number of pyridine rings is 2. The lowest BCUT2D eigenvalue weighted by atomic mass is 9.89. The average Bonchev–Trinajstić information content (AvgIpc) is 3.47. The number of fused-ring (bicyclic) bond motifs is 3. The third-order valence-corrected chi connectivity index (χ3v) is 9.30. The standard InChI is InChI=1S/C30H36FN7O2/c1-3-27(39)37-11-10-25-26(37)16-38(25)29-22-8-9-24(23-14-32-13-18-6-4-5-7-21(18)23)33-28(22)34-30(35-29)40-17-20-12-19(31)15-36(20)2/h8-9,13-14,19-20,25-26H,3-7,10-12,15-17H2,1-2H3/t19-,20+,25-,26-/m1/s1. The molecule has 4 aliphatic rings. The first-order valence-corrected chi connectivity index (χ1v) is 14.7. The zero-order valence-electron chi connectivity index (χ0n) is 23.2. The lowest BCUT2D eigenvalue weighted by Crippen LogP contribution is -2.63. The summed E-state index contributed by atoms with van der Waals surface area (Å²) in [6, 6.07) is 4.79. The molecule has 6 heterocycles. The molecule has 7 rings (SSSR count). The van der Waals surface area contributed by atoms with Gasteiger partial charge in [0.2, 0.25) is 5.91 Å². The van der Waals surface area contributed by atoms with E-state index in [0.29, 0.717) is 31.6 Å². The Kier molecular flexibility index (Phi) is 6.53. The van der Waals surface area contributed by atoms with Gasteiger partial charge in [0.1, 0.15) is 18.6 Å². The van der Waals surface area contributed by atoms with Crippen molar-refractivity contribution >= 4 is 22.8 Å². The highest BCUT2D eigenvalue weighted by atomic mass is 19.1. The SMILES string of the molecule is CCC(=O)N1CC[C@@H]2[C@H]1CN2c1nc(OC[C@@H]2C[C@@H](F)CN2C)nc2nc(-c3cncc4c3CCCC4)ccc12. The summed E-state index contributed by atoms with van der Waals surface area (Å²) >= 11 is 0. The van der Waals surface area contributed by atoms with Crippen molar-refractivity contribution in [1.29, 1.82) is 0 Å². The summed E-state index contributed by atoms with van der Waals surface area (Å²) in [7, 11) is 1.92. The summed E-state index contributed by atoms with van der Waals surface area (Å²) in [6.07, 6.45) is 9.40. The first-order chi connectivity index (χ1) is 19.5. The monoisotopic (exact) mass is 545 g/mol. The zero-order valence-corrected chi connectivity index (χ0v) is 23.2. The number of alkyl halides is 1. The van der Waals surface area contributed by atoms with Crippen LogP contribution in [0.25, 0.3) is 22.3 Å². The third-order valence-electron chi connectivity index (χ3n) is 9.30. The molecule has 0 bridgehead atoms. The summed E-state index contributed by atoms with van der Waals surface area (Å²) in [5.74, 6) is 1.00. The van der Waals surface area contributed by atoms with Crippen molar-refractivity contribution in [3.63, 3.8) is 0 Å². The number of carbonyl (C=O) groups excluding carboxylic acids is 1. The minimum absolute atomic E-state index is 0.0178. The maximum absolute atomic E-state index is 14.0. The lowest BCUT2D eigenvalue weighted by Gasteiger charge is -2.47. The summed E-state index contributed by atoms with van der Waals surface area (Å²) in [6.45, 7) is 4.17. The second-order valence-corrected chi connectivity index (χ2v) is 11.7. The van der Waals surface area contributed by atoms with Crippen molar-refractivity contribution in [2.75, 3.05) is 38.2 Å². The Balaban J connectivity index is 1.25.